The molecule has 2 aromatic rings. The van der Waals surface area contributed by atoms with Crippen LogP contribution in [0.2, 0.25) is 0 Å². The molecule has 0 unspecified atom stereocenters. The molecule has 0 bridgehead atoms. The van der Waals surface area contributed by atoms with Gasteiger partial charge in [-0.05, 0) is 18.4 Å². The summed E-state index contributed by atoms with van der Waals surface area (Å²) in [7, 11) is 0. The van der Waals surface area contributed by atoms with Gasteiger partial charge in [-0.3, -0.25) is 0 Å². The van der Waals surface area contributed by atoms with Crippen LogP contribution in [0.5, 0.6) is 0 Å². The van der Waals surface area contributed by atoms with Crippen LogP contribution in [0.3, 0.4) is 0 Å². The van der Waals surface area contributed by atoms with Gasteiger partial charge in [-0.15, -0.1) is 11.3 Å². The van der Waals surface area contributed by atoms with E-state index in [0.717, 1.165) is 22.6 Å². The summed E-state index contributed by atoms with van der Waals surface area (Å²) in [6.45, 7) is 1.82. The molecule has 0 saturated heterocycles. The first kappa shape index (κ1) is 9.15. The van der Waals surface area contributed by atoms with E-state index in [4.69, 9.17) is 4.42 Å². The van der Waals surface area contributed by atoms with Crippen molar-refractivity contribution in [3.63, 3.8) is 0 Å². The Balaban J connectivity index is 2.37. The van der Waals surface area contributed by atoms with Crippen LogP contribution in [0.25, 0.3) is 10.8 Å². The minimum Gasteiger partial charge on any atom is -0.440 e. The van der Waals surface area contributed by atoms with Crippen LogP contribution in [0.4, 0.5) is 0 Å². The Hall–Kier alpha value is -1.42. The Morgan fingerprint density at radius 2 is 2.50 bits per heavy atom. The molecule has 0 N–H and O–H groups in total. The molecule has 2 heterocycles. The average molecular weight is 207 g/mol. The number of carbonyl (C=O) groups is 1. The van der Waals surface area contributed by atoms with Crippen LogP contribution in [0.15, 0.2) is 21.9 Å². The fourth-order valence-electron chi connectivity index (χ4n) is 1.20. The monoisotopic (exact) mass is 207 g/mol. The van der Waals surface area contributed by atoms with Crippen molar-refractivity contribution in [1.29, 1.82) is 0 Å². The lowest BCUT2D eigenvalue weighted by Crippen LogP contribution is -1.87. The van der Waals surface area contributed by atoms with Crippen molar-refractivity contribution < 1.29 is 9.21 Å². The van der Waals surface area contributed by atoms with Gasteiger partial charge in [-0.2, -0.15) is 0 Å². The summed E-state index contributed by atoms with van der Waals surface area (Å²) < 4.78 is 5.45. The maximum atomic E-state index is 10.3. The average Bonchev–Trinajstić information content (AvgIpc) is 2.76. The topological polar surface area (TPSA) is 43.1 Å². The van der Waals surface area contributed by atoms with Gasteiger partial charge in [0.25, 0.3) is 0 Å². The number of oxazole rings is 1. The molecule has 2 aromatic heterocycles. The van der Waals surface area contributed by atoms with E-state index < -0.39 is 0 Å². The number of thiophene rings is 1. The summed E-state index contributed by atoms with van der Waals surface area (Å²) in [6, 6.07) is 3.89. The van der Waals surface area contributed by atoms with E-state index in [9.17, 15) is 4.79 Å². The minimum absolute atomic E-state index is 0.320. The van der Waals surface area contributed by atoms with Crippen molar-refractivity contribution in [2.45, 2.75) is 13.3 Å². The molecule has 0 saturated carbocycles. The second-order valence-corrected chi connectivity index (χ2v) is 3.82. The van der Waals surface area contributed by atoms with Crippen molar-refractivity contribution in [3.8, 4) is 10.8 Å². The Labute approximate surface area is 85.4 Å². The van der Waals surface area contributed by atoms with Crippen LogP contribution >= 0.6 is 11.3 Å². The second-order valence-electron chi connectivity index (χ2n) is 2.87. The van der Waals surface area contributed by atoms with Crippen molar-refractivity contribution in [2.75, 3.05) is 0 Å². The smallest absolute Gasteiger partial charge is 0.236 e. The third-order valence-corrected chi connectivity index (χ3v) is 2.76. The number of aryl methyl sites for hydroxylation is 1. The van der Waals surface area contributed by atoms with E-state index in [2.05, 4.69) is 4.98 Å². The SMILES string of the molecule is Cc1oc(-c2cccs2)nc1CC=O. The third-order valence-electron chi connectivity index (χ3n) is 1.90. The van der Waals surface area contributed by atoms with E-state index in [1.165, 1.54) is 0 Å². The number of carbonyl (C=O) groups excluding carboxylic acids is 1. The van der Waals surface area contributed by atoms with Gasteiger partial charge >= 0.3 is 0 Å². The molecule has 4 heteroatoms. The number of hydrogen-bond acceptors (Lipinski definition) is 4. The van der Waals surface area contributed by atoms with Gasteiger partial charge < -0.3 is 9.21 Å². The van der Waals surface area contributed by atoms with E-state index in [0.29, 0.717) is 12.3 Å². The number of hydrogen-bond donors (Lipinski definition) is 0. The van der Waals surface area contributed by atoms with E-state index in [1.807, 2.05) is 24.4 Å². The first-order valence-electron chi connectivity index (χ1n) is 4.25. The lowest BCUT2D eigenvalue weighted by atomic mass is 10.3. The number of aldehydes is 1. The van der Waals surface area contributed by atoms with Gasteiger partial charge in [-0.25, -0.2) is 4.98 Å². The van der Waals surface area contributed by atoms with Crippen LogP contribution in [-0.4, -0.2) is 11.3 Å². The first-order chi connectivity index (χ1) is 6.81. The lowest BCUT2D eigenvalue weighted by molar-refractivity contribution is -0.107. The second kappa shape index (κ2) is 3.75. The largest absolute Gasteiger partial charge is 0.440 e. The fourth-order valence-corrected chi connectivity index (χ4v) is 1.85. The summed E-state index contributed by atoms with van der Waals surface area (Å²) >= 11 is 1.57. The van der Waals surface area contributed by atoms with Crippen LogP contribution < -0.4 is 0 Å². The zero-order chi connectivity index (χ0) is 9.97. The molecule has 72 valence electrons. The van der Waals surface area contributed by atoms with Gasteiger partial charge in [0.2, 0.25) is 5.89 Å². The normalized spacial score (nSPS) is 10.4. The third kappa shape index (κ3) is 1.61. The van der Waals surface area contributed by atoms with E-state index in [1.54, 1.807) is 11.3 Å². The molecule has 3 nitrogen and oxygen atoms in total. The molecular formula is C10H9NO2S. The summed E-state index contributed by atoms with van der Waals surface area (Å²) in [5.74, 6) is 1.33. The standard InChI is InChI=1S/C10H9NO2S/c1-7-8(4-5-12)11-10(13-7)9-3-2-6-14-9/h2-3,5-6H,4H2,1H3. The quantitative estimate of drug-likeness (QED) is 0.726. The Morgan fingerprint density at radius 3 is 3.14 bits per heavy atom. The molecule has 0 aliphatic rings. The van der Waals surface area contributed by atoms with Gasteiger partial charge in [0.15, 0.2) is 0 Å². The maximum absolute atomic E-state index is 10.3. The van der Waals surface area contributed by atoms with Gasteiger partial charge in [0.05, 0.1) is 10.6 Å². The number of aromatic nitrogens is 1. The highest BCUT2D eigenvalue weighted by atomic mass is 32.1. The van der Waals surface area contributed by atoms with Crippen molar-refractivity contribution in [3.05, 3.63) is 29.0 Å². The Bertz CT molecular complexity index is 431. The van der Waals surface area contributed by atoms with Crippen molar-refractivity contribution >= 4 is 17.6 Å². The highest BCUT2D eigenvalue weighted by Crippen LogP contribution is 2.25. The molecule has 0 fully saturated rings. The molecule has 0 aromatic carbocycles. The number of rotatable bonds is 3. The molecule has 14 heavy (non-hydrogen) atoms. The fraction of sp³-hybridized carbons (Fsp3) is 0.200. The van der Waals surface area contributed by atoms with E-state index in [-0.39, 0.29) is 0 Å². The van der Waals surface area contributed by atoms with Gasteiger partial charge in [-0.1, -0.05) is 6.07 Å². The molecule has 0 radical (unpaired) electrons. The summed E-state index contributed by atoms with van der Waals surface area (Å²) in [5.41, 5.74) is 0.725. The van der Waals surface area contributed by atoms with Crippen LogP contribution in [0, 0.1) is 6.92 Å². The molecule has 2 rings (SSSR count). The molecular weight excluding hydrogens is 198 g/mol. The van der Waals surface area contributed by atoms with Crippen LogP contribution in [-0.2, 0) is 11.2 Å². The highest BCUT2D eigenvalue weighted by molar-refractivity contribution is 7.13. The van der Waals surface area contributed by atoms with Crippen molar-refractivity contribution in [2.24, 2.45) is 0 Å². The van der Waals surface area contributed by atoms with Gasteiger partial charge in [0, 0.05) is 6.42 Å². The highest BCUT2D eigenvalue weighted by Gasteiger charge is 2.10. The maximum Gasteiger partial charge on any atom is 0.236 e. The zero-order valence-corrected chi connectivity index (χ0v) is 8.50. The predicted octanol–water partition coefficient (Wildman–Crippen LogP) is 2.45. The van der Waals surface area contributed by atoms with Crippen LogP contribution in [0.1, 0.15) is 11.5 Å². The molecule has 0 aliphatic carbocycles. The predicted molar refractivity (Wildman–Crippen MR) is 54.3 cm³/mol. The molecule has 0 aliphatic heterocycles. The molecule has 0 spiro atoms. The summed E-state index contributed by atoms with van der Waals surface area (Å²) in [6.07, 6.45) is 1.16. The number of nitrogens with zero attached hydrogens (tertiary/aromatic N) is 1. The van der Waals surface area contributed by atoms with Crippen molar-refractivity contribution in [1.82, 2.24) is 4.98 Å². The Kier molecular flexibility index (Phi) is 2.45. The Morgan fingerprint density at radius 1 is 1.64 bits per heavy atom. The first-order valence-corrected chi connectivity index (χ1v) is 5.13. The molecule has 0 atom stereocenters. The van der Waals surface area contributed by atoms with E-state index >= 15 is 0 Å². The lowest BCUT2D eigenvalue weighted by Gasteiger charge is -1.84. The summed E-state index contributed by atoms with van der Waals surface area (Å²) in [4.78, 5) is 15.6. The van der Waals surface area contributed by atoms with Gasteiger partial charge in [0.1, 0.15) is 12.0 Å². The molecule has 0 amide bonds. The zero-order valence-electron chi connectivity index (χ0n) is 7.69. The summed E-state index contributed by atoms with van der Waals surface area (Å²) in [5, 5.41) is 1.97. The minimum atomic E-state index is 0.320.